The average Bonchev–Trinajstić information content (AvgIpc) is 2.91. The lowest BCUT2D eigenvalue weighted by atomic mass is 10.1. The van der Waals surface area contributed by atoms with Crippen molar-refractivity contribution in [3.05, 3.63) is 11.3 Å². The standard InChI is InChI=1S/C13H24O3Si/c1-4-14-17(15-5-2,16-6-3)13-10-11-7-8-12(13)9-11/h10-12H,4-9H2,1-3H3. The average molecular weight is 256 g/mol. The minimum atomic E-state index is -2.55. The van der Waals surface area contributed by atoms with Gasteiger partial charge >= 0.3 is 8.80 Å². The molecule has 98 valence electrons. The number of hydrogen-bond acceptors (Lipinski definition) is 3. The highest BCUT2D eigenvalue weighted by molar-refractivity contribution is 6.69. The molecule has 2 bridgehead atoms. The highest BCUT2D eigenvalue weighted by atomic mass is 28.4. The summed E-state index contributed by atoms with van der Waals surface area (Å²) in [6.45, 7) is 8.07. The summed E-state index contributed by atoms with van der Waals surface area (Å²) in [7, 11) is -2.55. The van der Waals surface area contributed by atoms with E-state index in [1.54, 1.807) is 0 Å². The van der Waals surface area contributed by atoms with Gasteiger partial charge in [0.05, 0.1) is 0 Å². The molecule has 0 aromatic carbocycles. The van der Waals surface area contributed by atoms with Crippen molar-refractivity contribution in [2.24, 2.45) is 11.8 Å². The summed E-state index contributed by atoms with van der Waals surface area (Å²) in [5.41, 5.74) is 0. The van der Waals surface area contributed by atoms with E-state index in [9.17, 15) is 0 Å². The first-order valence-corrected chi connectivity index (χ1v) is 8.62. The van der Waals surface area contributed by atoms with Crippen LogP contribution in [-0.2, 0) is 13.3 Å². The summed E-state index contributed by atoms with van der Waals surface area (Å²) in [5, 5.41) is 1.37. The summed E-state index contributed by atoms with van der Waals surface area (Å²) >= 11 is 0. The van der Waals surface area contributed by atoms with E-state index in [0.717, 1.165) is 5.92 Å². The Kier molecular flexibility index (Phi) is 4.41. The summed E-state index contributed by atoms with van der Waals surface area (Å²) in [6.07, 6.45) is 6.31. The van der Waals surface area contributed by atoms with E-state index in [0.29, 0.717) is 25.7 Å². The second-order valence-corrected chi connectivity index (χ2v) is 7.30. The molecule has 3 nitrogen and oxygen atoms in total. The first kappa shape index (κ1) is 13.3. The monoisotopic (exact) mass is 256 g/mol. The summed E-state index contributed by atoms with van der Waals surface area (Å²) < 4.78 is 17.9. The Hall–Kier alpha value is -0.163. The molecular formula is C13H24O3Si. The first-order valence-electron chi connectivity index (χ1n) is 6.89. The van der Waals surface area contributed by atoms with Crippen molar-refractivity contribution in [1.29, 1.82) is 0 Å². The van der Waals surface area contributed by atoms with E-state index in [1.165, 1.54) is 24.5 Å². The quantitative estimate of drug-likeness (QED) is 0.656. The third-order valence-electron chi connectivity index (χ3n) is 3.68. The molecule has 4 heteroatoms. The summed E-state index contributed by atoms with van der Waals surface area (Å²) in [4.78, 5) is 0. The number of hydrogen-bond donors (Lipinski definition) is 0. The van der Waals surface area contributed by atoms with Crippen molar-refractivity contribution < 1.29 is 13.3 Å². The maximum atomic E-state index is 5.97. The second-order valence-electron chi connectivity index (χ2n) is 4.75. The zero-order valence-corrected chi connectivity index (χ0v) is 12.2. The van der Waals surface area contributed by atoms with Crippen LogP contribution in [0, 0.1) is 11.8 Å². The Balaban J connectivity index is 2.21. The molecule has 0 spiro atoms. The van der Waals surface area contributed by atoms with Crippen LogP contribution in [0.5, 0.6) is 0 Å². The van der Waals surface area contributed by atoms with Crippen LogP contribution in [0.3, 0.4) is 0 Å². The minimum Gasteiger partial charge on any atom is -0.370 e. The van der Waals surface area contributed by atoms with Crippen LogP contribution >= 0.6 is 0 Å². The van der Waals surface area contributed by atoms with Gasteiger partial charge in [-0.2, -0.15) is 0 Å². The maximum Gasteiger partial charge on any atom is 0.532 e. The Morgan fingerprint density at radius 1 is 1.06 bits per heavy atom. The molecule has 2 atom stereocenters. The molecule has 1 fully saturated rings. The lowest BCUT2D eigenvalue weighted by Gasteiger charge is -2.32. The van der Waals surface area contributed by atoms with Gasteiger partial charge in [0.15, 0.2) is 0 Å². The predicted molar refractivity (Wildman–Crippen MR) is 69.5 cm³/mol. The van der Waals surface area contributed by atoms with Crippen molar-refractivity contribution in [2.75, 3.05) is 19.8 Å². The van der Waals surface area contributed by atoms with Crippen LogP contribution in [0.1, 0.15) is 40.0 Å². The molecule has 2 rings (SSSR count). The molecule has 1 saturated carbocycles. The van der Waals surface area contributed by atoms with E-state index >= 15 is 0 Å². The molecule has 2 aliphatic carbocycles. The fourth-order valence-electron chi connectivity index (χ4n) is 3.14. The topological polar surface area (TPSA) is 27.7 Å². The van der Waals surface area contributed by atoms with Gasteiger partial charge in [0.2, 0.25) is 0 Å². The van der Waals surface area contributed by atoms with Gasteiger partial charge in [-0.1, -0.05) is 6.08 Å². The van der Waals surface area contributed by atoms with E-state index in [2.05, 4.69) is 6.08 Å². The van der Waals surface area contributed by atoms with E-state index in [1.807, 2.05) is 20.8 Å². The molecular weight excluding hydrogens is 232 g/mol. The highest BCUT2D eigenvalue weighted by Crippen LogP contribution is 2.47. The number of fused-ring (bicyclic) bond motifs is 2. The normalized spacial score (nSPS) is 27.6. The molecule has 0 amide bonds. The Morgan fingerprint density at radius 3 is 2.00 bits per heavy atom. The highest BCUT2D eigenvalue weighted by Gasteiger charge is 2.52. The predicted octanol–water partition coefficient (Wildman–Crippen LogP) is 2.93. The lowest BCUT2D eigenvalue weighted by Crippen LogP contribution is -2.49. The lowest BCUT2D eigenvalue weighted by molar-refractivity contribution is 0.0780. The molecule has 2 unspecified atom stereocenters. The zero-order valence-electron chi connectivity index (χ0n) is 11.2. The van der Waals surface area contributed by atoms with Crippen LogP contribution in [0.25, 0.3) is 0 Å². The van der Waals surface area contributed by atoms with Crippen LogP contribution in [0.4, 0.5) is 0 Å². The fraction of sp³-hybridized carbons (Fsp3) is 0.846. The molecule has 2 aliphatic rings. The molecule has 0 heterocycles. The SMILES string of the molecule is CCO[Si](OCC)(OCC)C1=CC2CCC1C2. The first-order chi connectivity index (χ1) is 8.25. The number of rotatable bonds is 7. The van der Waals surface area contributed by atoms with Crippen molar-refractivity contribution in [3.8, 4) is 0 Å². The molecule has 0 aromatic rings. The molecule has 0 aliphatic heterocycles. The van der Waals surface area contributed by atoms with Crippen LogP contribution in [0.15, 0.2) is 11.3 Å². The molecule has 0 radical (unpaired) electrons. The van der Waals surface area contributed by atoms with Gasteiger partial charge in [-0.3, -0.25) is 0 Å². The maximum absolute atomic E-state index is 5.97. The molecule has 0 N–H and O–H groups in total. The zero-order chi connectivity index (χ0) is 12.3. The largest absolute Gasteiger partial charge is 0.532 e. The Morgan fingerprint density at radius 2 is 1.65 bits per heavy atom. The van der Waals surface area contributed by atoms with Crippen molar-refractivity contribution in [3.63, 3.8) is 0 Å². The third-order valence-corrected chi connectivity index (χ3v) is 6.97. The van der Waals surface area contributed by atoms with Gasteiger partial charge in [-0.25, -0.2) is 0 Å². The summed E-state index contributed by atoms with van der Waals surface area (Å²) in [6, 6.07) is 0. The van der Waals surface area contributed by atoms with Crippen LogP contribution < -0.4 is 0 Å². The van der Waals surface area contributed by atoms with E-state index in [4.69, 9.17) is 13.3 Å². The second kappa shape index (κ2) is 5.65. The van der Waals surface area contributed by atoms with Gasteiger partial charge in [-0.05, 0) is 57.1 Å². The van der Waals surface area contributed by atoms with Crippen molar-refractivity contribution in [1.82, 2.24) is 0 Å². The Labute approximate surface area is 106 Å². The van der Waals surface area contributed by atoms with Gasteiger partial charge in [0, 0.05) is 19.8 Å². The number of allylic oxidation sites excluding steroid dienone is 2. The Bertz CT molecular complexity index is 273. The van der Waals surface area contributed by atoms with Gasteiger partial charge in [-0.15, -0.1) is 0 Å². The van der Waals surface area contributed by atoms with Crippen molar-refractivity contribution >= 4 is 8.80 Å². The summed E-state index contributed by atoms with van der Waals surface area (Å²) in [5.74, 6) is 1.42. The minimum absolute atomic E-state index is 0.663. The molecule has 0 aromatic heterocycles. The van der Waals surface area contributed by atoms with Gasteiger partial charge in [0.1, 0.15) is 0 Å². The van der Waals surface area contributed by atoms with E-state index < -0.39 is 8.80 Å². The third kappa shape index (κ3) is 2.50. The van der Waals surface area contributed by atoms with Crippen LogP contribution in [-0.4, -0.2) is 28.6 Å². The van der Waals surface area contributed by atoms with Gasteiger partial charge in [0.25, 0.3) is 0 Å². The van der Waals surface area contributed by atoms with Crippen molar-refractivity contribution in [2.45, 2.75) is 40.0 Å². The van der Waals surface area contributed by atoms with E-state index in [-0.39, 0.29) is 0 Å². The molecule has 17 heavy (non-hydrogen) atoms. The van der Waals surface area contributed by atoms with Gasteiger partial charge < -0.3 is 13.3 Å². The van der Waals surface area contributed by atoms with Crippen LogP contribution in [0.2, 0.25) is 0 Å². The molecule has 0 saturated heterocycles. The fourth-order valence-corrected chi connectivity index (χ4v) is 6.23. The smallest absolute Gasteiger partial charge is 0.370 e.